The number of ether oxygens (including phenoxy) is 1. The van der Waals surface area contributed by atoms with E-state index in [2.05, 4.69) is 13.7 Å². The summed E-state index contributed by atoms with van der Waals surface area (Å²) in [7, 11) is -4.00. The van der Waals surface area contributed by atoms with E-state index in [-0.39, 0.29) is 29.6 Å². The summed E-state index contributed by atoms with van der Waals surface area (Å²) < 4.78 is 43.7. The maximum Gasteiger partial charge on any atom is 0.252 e. The highest BCUT2D eigenvalue weighted by Gasteiger charge is 2.33. The Kier molecular flexibility index (Phi) is 6.01. The summed E-state index contributed by atoms with van der Waals surface area (Å²) in [5, 5.41) is 0.900. The van der Waals surface area contributed by atoms with Gasteiger partial charge in [-0.2, -0.15) is 13.1 Å². The van der Waals surface area contributed by atoms with Crippen LogP contribution in [0, 0.1) is 20.8 Å². The van der Waals surface area contributed by atoms with Crippen LogP contribution in [0.4, 0.5) is 0 Å². The number of aryl methyl sites for hydroxylation is 3. The number of nitrogens with one attached hydrogen (secondary N) is 1. The molecule has 34 heavy (non-hydrogen) atoms. The fourth-order valence-electron chi connectivity index (χ4n) is 4.67. The van der Waals surface area contributed by atoms with Crippen molar-refractivity contribution in [1.82, 2.24) is 18.0 Å². The van der Waals surface area contributed by atoms with Crippen LogP contribution in [0.15, 0.2) is 40.0 Å². The van der Waals surface area contributed by atoms with Crippen LogP contribution in [0.1, 0.15) is 35.1 Å². The van der Waals surface area contributed by atoms with Crippen LogP contribution < -0.4 is 5.56 Å². The first-order valence-corrected chi connectivity index (χ1v) is 13.4. The summed E-state index contributed by atoms with van der Waals surface area (Å²) in [5.41, 5.74) is 4.41. The zero-order valence-corrected chi connectivity index (χ0v) is 20.9. The Balaban J connectivity index is 1.62. The van der Waals surface area contributed by atoms with Crippen LogP contribution >= 0.6 is 11.7 Å². The van der Waals surface area contributed by atoms with E-state index in [0.717, 1.165) is 46.6 Å². The van der Waals surface area contributed by atoms with Gasteiger partial charge in [0.05, 0.1) is 17.8 Å². The second-order valence-corrected chi connectivity index (χ2v) is 11.3. The molecule has 178 valence electrons. The van der Waals surface area contributed by atoms with Gasteiger partial charge >= 0.3 is 0 Å². The van der Waals surface area contributed by atoms with Crippen LogP contribution in [-0.4, -0.2) is 45.7 Å². The first-order chi connectivity index (χ1) is 16.2. The molecular weight excluding hydrogens is 472 g/mol. The quantitative estimate of drug-likeness (QED) is 0.433. The summed E-state index contributed by atoms with van der Waals surface area (Å²) in [5.74, 6) is 0. The summed E-state index contributed by atoms with van der Waals surface area (Å²) in [6, 6.07) is 9.29. The zero-order valence-electron chi connectivity index (χ0n) is 19.3. The molecule has 0 aliphatic carbocycles. The summed E-state index contributed by atoms with van der Waals surface area (Å²) >= 11 is 0.984. The molecule has 2 aromatic heterocycles. The predicted molar refractivity (Wildman–Crippen MR) is 133 cm³/mol. The monoisotopic (exact) mass is 498 g/mol. The fourth-order valence-corrected chi connectivity index (χ4v) is 7.07. The van der Waals surface area contributed by atoms with Crippen molar-refractivity contribution in [2.45, 2.75) is 51.2 Å². The average Bonchev–Trinajstić information content (AvgIpc) is 3.45. The zero-order chi connectivity index (χ0) is 24.0. The van der Waals surface area contributed by atoms with E-state index in [4.69, 9.17) is 4.74 Å². The van der Waals surface area contributed by atoms with Gasteiger partial charge in [0.2, 0.25) is 10.0 Å². The third-order valence-electron chi connectivity index (χ3n) is 6.34. The van der Waals surface area contributed by atoms with Crippen LogP contribution in [0.2, 0.25) is 0 Å². The van der Waals surface area contributed by atoms with E-state index < -0.39 is 10.0 Å². The molecule has 1 saturated heterocycles. The fraction of sp³-hybridized carbons (Fsp3) is 0.375. The number of hydrogen-bond acceptors (Lipinski definition) is 7. The molecule has 4 aromatic rings. The topological polar surface area (TPSA) is 105 Å². The van der Waals surface area contributed by atoms with E-state index in [1.54, 1.807) is 25.1 Å². The van der Waals surface area contributed by atoms with Crippen molar-refractivity contribution < 1.29 is 13.2 Å². The van der Waals surface area contributed by atoms with Gasteiger partial charge in [-0.25, -0.2) is 8.42 Å². The number of nitrogens with zero attached hydrogens (tertiary/aromatic N) is 3. The molecule has 1 unspecified atom stereocenters. The molecule has 1 aliphatic heterocycles. The summed E-state index contributed by atoms with van der Waals surface area (Å²) in [6.45, 7) is 6.43. The van der Waals surface area contributed by atoms with Crippen LogP contribution in [-0.2, 0) is 21.3 Å². The van der Waals surface area contributed by atoms with Crippen molar-refractivity contribution in [2.24, 2.45) is 0 Å². The molecule has 0 spiro atoms. The van der Waals surface area contributed by atoms with Gasteiger partial charge < -0.3 is 9.72 Å². The molecule has 0 saturated carbocycles. The van der Waals surface area contributed by atoms with Crippen molar-refractivity contribution in [1.29, 1.82) is 0 Å². The number of sulfonamides is 1. The molecule has 8 nitrogen and oxygen atoms in total. The molecule has 1 N–H and O–H groups in total. The Morgan fingerprint density at radius 2 is 1.97 bits per heavy atom. The average molecular weight is 499 g/mol. The normalized spacial score (nSPS) is 16.8. The Labute approximate surface area is 202 Å². The first kappa shape index (κ1) is 23.1. The van der Waals surface area contributed by atoms with Gasteiger partial charge in [0, 0.05) is 36.2 Å². The SMILES string of the molecule is Cc1cc(C)c2cc(CN(CC3CCCO3)S(=O)(=O)c3c(C)ccc4nsnc34)c(=O)[nH]c2c1. The lowest BCUT2D eigenvalue weighted by molar-refractivity contribution is 0.0925. The predicted octanol–water partition coefficient (Wildman–Crippen LogP) is 3.83. The van der Waals surface area contributed by atoms with E-state index in [1.807, 2.05) is 26.0 Å². The van der Waals surface area contributed by atoms with Gasteiger partial charge in [-0.15, -0.1) is 0 Å². The lowest BCUT2D eigenvalue weighted by Gasteiger charge is -2.25. The number of benzene rings is 2. The maximum absolute atomic E-state index is 14.0. The van der Waals surface area contributed by atoms with E-state index in [9.17, 15) is 13.2 Å². The number of H-pyrrole nitrogens is 1. The number of pyridine rings is 1. The minimum atomic E-state index is -4.00. The molecule has 0 bridgehead atoms. The molecule has 0 amide bonds. The van der Waals surface area contributed by atoms with Crippen molar-refractivity contribution in [3.05, 3.63) is 62.9 Å². The van der Waals surface area contributed by atoms with Gasteiger partial charge in [0.1, 0.15) is 15.9 Å². The third-order valence-corrected chi connectivity index (χ3v) is 8.88. The van der Waals surface area contributed by atoms with Crippen LogP contribution in [0.3, 0.4) is 0 Å². The molecule has 1 fully saturated rings. The minimum absolute atomic E-state index is 0.0613. The number of hydrogen-bond donors (Lipinski definition) is 1. The molecule has 5 rings (SSSR count). The van der Waals surface area contributed by atoms with Gasteiger partial charge in [0.15, 0.2) is 0 Å². The molecule has 0 radical (unpaired) electrons. The van der Waals surface area contributed by atoms with E-state index >= 15 is 0 Å². The lowest BCUT2D eigenvalue weighted by Crippen LogP contribution is -2.38. The first-order valence-electron chi connectivity index (χ1n) is 11.2. The van der Waals surface area contributed by atoms with Gasteiger partial charge in [-0.05, 0) is 68.5 Å². The molecule has 3 heterocycles. The Bertz CT molecular complexity index is 1550. The van der Waals surface area contributed by atoms with Gasteiger partial charge in [-0.1, -0.05) is 12.1 Å². The maximum atomic E-state index is 14.0. The number of fused-ring (bicyclic) bond motifs is 2. The Morgan fingerprint density at radius 3 is 2.74 bits per heavy atom. The number of aromatic nitrogens is 3. The molecule has 1 aliphatic rings. The summed E-state index contributed by atoms with van der Waals surface area (Å²) in [6.07, 6.45) is 1.45. The molecule has 2 aromatic carbocycles. The van der Waals surface area contributed by atoms with E-state index in [0.29, 0.717) is 28.8 Å². The highest BCUT2D eigenvalue weighted by Crippen LogP contribution is 2.30. The molecule has 1 atom stereocenters. The van der Waals surface area contributed by atoms with E-state index in [1.165, 1.54) is 4.31 Å². The lowest BCUT2D eigenvalue weighted by atomic mass is 10.0. The standard InChI is InChI=1S/C24H26N4O4S2/c1-14-9-16(3)19-11-17(24(29)25-21(19)10-14)12-28(13-18-5-4-8-32-18)34(30,31)23-15(2)6-7-20-22(23)27-33-26-20/h6-7,9-11,18H,4-5,8,12-13H2,1-3H3,(H,25,29). The van der Waals surface area contributed by atoms with Crippen molar-refractivity contribution in [3.8, 4) is 0 Å². The largest absolute Gasteiger partial charge is 0.377 e. The summed E-state index contributed by atoms with van der Waals surface area (Å²) in [4.78, 5) is 16.1. The molecular formula is C24H26N4O4S2. The highest BCUT2D eigenvalue weighted by molar-refractivity contribution is 7.89. The van der Waals surface area contributed by atoms with Crippen LogP contribution in [0.5, 0.6) is 0 Å². The van der Waals surface area contributed by atoms with Gasteiger partial charge in [-0.3, -0.25) is 4.79 Å². The second kappa shape index (κ2) is 8.84. The van der Waals surface area contributed by atoms with Crippen molar-refractivity contribution in [3.63, 3.8) is 0 Å². The van der Waals surface area contributed by atoms with Gasteiger partial charge in [0.25, 0.3) is 5.56 Å². The minimum Gasteiger partial charge on any atom is -0.377 e. The molecule has 10 heteroatoms. The van der Waals surface area contributed by atoms with Crippen molar-refractivity contribution in [2.75, 3.05) is 13.2 Å². The van der Waals surface area contributed by atoms with Crippen LogP contribution in [0.25, 0.3) is 21.9 Å². The highest BCUT2D eigenvalue weighted by atomic mass is 32.2. The Hall–Kier alpha value is -2.66. The smallest absolute Gasteiger partial charge is 0.252 e. The Morgan fingerprint density at radius 1 is 1.15 bits per heavy atom. The number of rotatable bonds is 6. The van der Waals surface area contributed by atoms with Crippen molar-refractivity contribution >= 4 is 43.7 Å². The second-order valence-electron chi connectivity index (χ2n) is 8.94. The third kappa shape index (κ3) is 4.15. The number of aromatic amines is 1.